The summed E-state index contributed by atoms with van der Waals surface area (Å²) in [6.45, 7) is 2.38. The quantitative estimate of drug-likeness (QED) is 0.315. The highest BCUT2D eigenvalue weighted by Gasteiger charge is 2.19. The van der Waals surface area contributed by atoms with Gasteiger partial charge in [0.1, 0.15) is 0 Å². The number of hydrogen-bond acceptors (Lipinski definition) is 3. The lowest BCUT2D eigenvalue weighted by Gasteiger charge is -1.82. The third-order valence-electron chi connectivity index (χ3n) is 0.574. The van der Waals surface area contributed by atoms with Crippen LogP contribution in [0.2, 0.25) is 0 Å². The molecule has 0 spiro atoms. The number of rotatable bonds is 1. The molecular weight excluding hydrogens is 142 g/mol. The van der Waals surface area contributed by atoms with Gasteiger partial charge in [0.2, 0.25) is 0 Å². The van der Waals surface area contributed by atoms with Crippen molar-refractivity contribution in [2.45, 2.75) is 19.3 Å². The number of aliphatic hydroxyl groups is 1. The Kier molecular flexibility index (Phi) is 5.09. The van der Waals surface area contributed by atoms with Gasteiger partial charge in [-0.1, -0.05) is 0 Å². The molecule has 0 aromatic heterocycles. The lowest BCUT2D eigenvalue weighted by molar-refractivity contribution is 0.203. The van der Waals surface area contributed by atoms with E-state index in [1.165, 1.54) is 6.92 Å². The first-order valence-corrected chi connectivity index (χ1v) is 3.31. The number of halogens is 1. The molecule has 3 nitrogen and oxygen atoms in total. The van der Waals surface area contributed by atoms with Gasteiger partial charge in [-0.3, -0.25) is 0 Å². The highest BCUT2D eigenvalue weighted by Crippen LogP contribution is 2.08. The van der Waals surface area contributed by atoms with E-state index >= 15 is 0 Å². The summed E-state index contributed by atoms with van der Waals surface area (Å²) in [4.78, 5) is 0. The van der Waals surface area contributed by atoms with Gasteiger partial charge in [0.25, 0.3) is 0 Å². The van der Waals surface area contributed by atoms with Crippen molar-refractivity contribution in [3.63, 3.8) is 0 Å². The van der Waals surface area contributed by atoms with E-state index in [1.807, 2.05) is 0 Å². The van der Waals surface area contributed by atoms with Gasteiger partial charge in [0.05, 0.1) is 24.8 Å². The zero-order chi connectivity index (χ0) is 7.28. The van der Waals surface area contributed by atoms with Gasteiger partial charge >= 0.3 is 0 Å². The van der Waals surface area contributed by atoms with E-state index in [0.717, 1.165) is 6.61 Å². The summed E-state index contributed by atoms with van der Waals surface area (Å²) in [5.74, 6) is 0.667. The first kappa shape index (κ1) is 9.17. The second kappa shape index (κ2) is 4.99. The van der Waals surface area contributed by atoms with Crippen molar-refractivity contribution < 1.29 is 9.84 Å². The van der Waals surface area contributed by atoms with Gasteiger partial charge < -0.3 is 15.6 Å². The number of epoxide rings is 1. The molecule has 1 heterocycles. The van der Waals surface area contributed by atoms with E-state index in [1.54, 1.807) is 0 Å². The molecule has 1 rings (SSSR count). The number of hydrogen-bond donors (Lipinski definition) is 2. The molecule has 0 saturated carbocycles. The van der Waals surface area contributed by atoms with Gasteiger partial charge in [-0.15, -0.1) is 11.6 Å². The highest BCUT2D eigenvalue weighted by atomic mass is 35.5. The van der Waals surface area contributed by atoms with Gasteiger partial charge in [-0.25, -0.2) is 0 Å². The fourth-order valence-corrected chi connectivity index (χ4v) is 0.335. The molecule has 0 amide bonds. The van der Waals surface area contributed by atoms with Crippen molar-refractivity contribution >= 4 is 11.6 Å². The summed E-state index contributed by atoms with van der Waals surface area (Å²) in [5, 5.41) is 7.83. The molecule has 4 heteroatoms. The van der Waals surface area contributed by atoms with E-state index in [4.69, 9.17) is 21.4 Å². The third kappa shape index (κ3) is 11.6. The van der Waals surface area contributed by atoms with Crippen LogP contribution >= 0.6 is 11.6 Å². The van der Waals surface area contributed by atoms with Crippen molar-refractivity contribution in [3.05, 3.63) is 0 Å². The molecule has 2 unspecified atom stereocenters. The maximum absolute atomic E-state index is 7.83. The predicted octanol–water partition coefficient (Wildman–Crippen LogP) is -0.0926. The van der Waals surface area contributed by atoms with Crippen LogP contribution in [-0.2, 0) is 4.74 Å². The summed E-state index contributed by atoms with van der Waals surface area (Å²) in [6.07, 6.45) is -0.267. The fraction of sp³-hybridized carbons (Fsp3) is 1.00. The SMILES string of the molecule is CC(N)O.ClCC1CO1. The molecule has 0 aliphatic carbocycles. The molecule has 0 aromatic carbocycles. The maximum Gasteiger partial charge on any atom is 0.0991 e. The van der Waals surface area contributed by atoms with Crippen LogP contribution in [0.15, 0.2) is 0 Å². The molecule has 3 N–H and O–H groups in total. The van der Waals surface area contributed by atoms with E-state index in [-0.39, 0.29) is 0 Å². The molecule has 0 bridgehead atoms. The number of ether oxygens (including phenoxy) is 1. The fourth-order valence-electron chi connectivity index (χ4n) is 0.157. The Hall–Kier alpha value is 0.170. The molecule has 0 radical (unpaired) electrons. The molecule has 9 heavy (non-hydrogen) atoms. The van der Waals surface area contributed by atoms with Crippen molar-refractivity contribution in [1.82, 2.24) is 0 Å². The third-order valence-corrected chi connectivity index (χ3v) is 0.919. The van der Waals surface area contributed by atoms with Crippen LogP contribution in [0.3, 0.4) is 0 Å². The Bertz CT molecular complexity index is 63.2. The Morgan fingerprint density at radius 3 is 2.33 bits per heavy atom. The van der Waals surface area contributed by atoms with Crippen molar-refractivity contribution in [1.29, 1.82) is 0 Å². The number of alkyl halides is 1. The lowest BCUT2D eigenvalue weighted by Crippen LogP contribution is -2.11. The molecule has 1 aliphatic heterocycles. The second-order valence-corrected chi connectivity index (χ2v) is 2.16. The molecule has 56 valence electrons. The molecular formula is C5H12ClNO2. The lowest BCUT2D eigenvalue weighted by atomic mass is 10.6. The highest BCUT2D eigenvalue weighted by molar-refractivity contribution is 6.18. The normalized spacial score (nSPS) is 26.0. The van der Waals surface area contributed by atoms with Gasteiger partial charge in [-0.2, -0.15) is 0 Å². The minimum Gasteiger partial charge on any atom is -0.379 e. The van der Waals surface area contributed by atoms with E-state index < -0.39 is 6.23 Å². The molecule has 2 atom stereocenters. The molecule has 1 aliphatic rings. The second-order valence-electron chi connectivity index (χ2n) is 1.85. The van der Waals surface area contributed by atoms with Crippen LogP contribution in [0.4, 0.5) is 0 Å². The summed E-state index contributed by atoms with van der Waals surface area (Å²) in [7, 11) is 0. The largest absolute Gasteiger partial charge is 0.379 e. The Morgan fingerprint density at radius 1 is 2.00 bits per heavy atom. The van der Waals surface area contributed by atoms with Crippen molar-refractivity contribution in [3.8, 4) is 0 Å². The Morgan fingerprint density at radius 2 is 2.33 bits per heavy atom. The summed E-state index contributed by atoms with van der Waals surface area (Å²) in [6, 6.07) is 0. The van der Waals surface area contributed by atoms with Gasteiger partial charge in [-0.05, 0) is 6.92 Å². The van der Waals surface area contributed by atoms with E-state index in [9.17, 15) is 0 Å². The zero-order valence-corrected chi connectivity index (χ0v) is 6.14. The summed E-state index contributed by atoms with van der Waals surface area (Å²) in [5.41, 5.74) is 4.67. The first-order chi connectivity index (χ1) is 4.16. The number of nitrogens with two attached hydrogens (primary N) is 1. The summed E-state index contributed by atoms with van der Waals surface area (Å²) >= 11 is 5.27. The van der Waals surface area contributed by atoms with Crippen LogP contribution in [0.1, 0.15) is 6.92 Å². The summed E-state index contributed by atoms with van der Waals surface area (Å²) < 4.78 is 4.73. The molecule has 1 saturated heterocycles. The first-order valence-electron chi connectivity index (χ1n) is 2.78. The zero-order valence-electron chi connectivity index (χ0n) is 5.38. The number of aliphatic hydroxyl groups excluding tert-OH is 1. The standard InChI is InChI=1S/C3H5ClO.C2H7NO/c4-1-3-2-5-3;1-2(3)4/h3H,1-2H2;2,4H,3H2,1H3. The monoisotopic (exact) mass is 153 g/mol. The van der Waals surface area contributed by atoms with Gasteiger partial charge in [0.15, 0.2) is 0 Å². The average Bonchev–Trinajstić information content (AvgIpc) is 2.43. The predicted molar refractivity (Wildman–Crippen MR) is 36.3 cm³/mol. The topological polar surface area (TPSA) is 58.8 Å². The van der Waals surface area contributed by atoms with E-state index in [2.05, 4.69) is 5.73 Å². The van der Waals surface area contributed by atoms with Crippen LogP contribution in [0, 0.1) is 0 Å². The molecule has 0 aromatic rings. The smallest absolute Gasteiger partial charge is 0.0991 e. The van der Waals surface area contributed by atoms with Crippen LogP contribution in [0.25, 0.3) is 0 Å². The molecule has 1 fully saturated rings. The van der Waals surface area contributed by atoms with Crippen molar-refractivity contribution in [2.24, 2.45) is 5.73 Å². The Balaban J connectivity index is 0.000000148. The van der Waals surface area contributed by atoms with Gasteiger partial charge in [0, 0.05) is 0 Å². The van der Waals surface area contributed by atoms with Crippen molar-refractivity contribution in [2.75, 3.05) is 12.5 Å². The Labute approximate surface area is 59.7 Å². The van der Waals surface area contributed by atoms with Crippen LogP contribution in [0.5, 0.6) is 0 Å². The van der Waals surface area contributed by atoms with Crippen LogP contribution in [-0.4, -0.2) is 29.9 Å². The van der Waals surface area contributed by atoms with Crippen LogP contribution < -0.4 is 5.73 Å². The average molecular weight is 154 g/mol. The van der Waals surface area contributed by atoms with E-state index in [0.29, 0.717) is 12.0 Å². The minimum absolute atomic E-state index is 0.400. The minimum atomic E-state index is -0.667. The maximum atomic E-state index is 7.83.